The molecule has 0 bridgehead atoms. The van der Waals surface area contributed by atoms with Crippen LogP contribution in [0.2, 0.25) is 0 Å². The van der Waals surface area contributed by atoms with Crippen molar-refractivity contribution in [2.45, 2.75) is 18.1 Å². The predicted octanol–water partition coefficient (Wildman–Crippen LogP) is 2.95. The zero-order valence-electron chi connectivity index (χ0n) is 7.88. The average molecular weight is 256 g/mol. The summed E-state index contributed by atoms with van der Waals surface area (Å²) in [5, 5.41) is 0. The van der Waals surface area contributed by atoms with Crippen LogP contribution < -0.4 is 0 Å². The Balaban J connectivity index is 5.03. The van der Waals surface area contributed by atoms with E-state index in [4.69, 9.17) is 0 Å². The van der Waals surface area contributed by atoms with Gasteiger partial charge in [0, 0.05) is 7.11 Å². The highest BCUT2D eigenvalue weighted by Crippen LogP contribution is 2.41. The van der Waals surface area contributed by atoms with E-state index in [-0.39, 0.29) is 0 Å². The van der Waals surface area contributed by atoms with Crippen molar-refractivity contribution in [3.05, 3.63) is 12.4 Å². The standard InChI is InChI=1S/C7H7F7O2/c1-4(8)6(10,11)16-5(9,3-15-2)7(12,13)14/h1,3H2,2H3. The number of hydrogen-bond acceptors (Lipinski definition) is 2. The molecule has 0 amide bonds. The predicted molar refractivity (Wildman–Crippen MR) is 38.1 cm³/mol. The third kappa shape index (κ3) is 3.34. The summed E-state index contributed by atoms with van der Waals surface area (Å²) in [6, 6.07) is 0. The van der Waals surface area contributed by atoms with Crippen LogP contribution >= 0.6 is 0 Å². The van der Waals surface area contributed by atoms with E-state index in [1.165, 1.54) is 0 Å². The van der Waals surface area contributed by atoms with E-state index in [1.54, 1.807) is 0 Å². The van der Waals surface area contributed by atoms with Crippen molar-refractivity contribution in [1.29, 1.82) is 0 Å². The minimum atomic E-state index is -5.80. The van der Waals surface area contributed by atoms with Gasteiger partial charge in [0.15, 0.2) is 5.83 Å². The lowest BCUT2D eigenvalue weighted by atomic mass is 10.3. The van der Waals surface area contributed by atoms with Crippen LogP contribution in [0.1, 0.15) is 0 Å². The molecule has 9 heteroatoms. The largest absolute Gasteiger partial charge is 0.451 e. The van der Waals surface area contributed by atoms with Crippen molar-refractivity contribution >= 4 is 0 Å². The Morgan fingerprint density at radius 2 is 1.56 bits per heavy atom. The molecule has 96 valence electrons. The molecule has 0 aromatic rings. The third-order valence-electron chi connectivity index (χ3n) is 1.36. The fourth-order valence-electron chi connectivity index (χ4n) is 0.613. The van der Waals surface area contributed by atoms with Gasteiger partial charge in [0.25, 0.3) is 0 Å². The fourth-order valence-corrected chi connectivity index (χ4v) is 0.613. The van der Waals surface area contributed by atoms with Gasteiger partial charge in [-0.2, -0.15) is 26.3 Å². The highest BCUT2D eigenvalue weighted by molar-refractivity contribution is 4.93. The van der Waals surface area contributed by atoms with E-state index < -0.39 is 30.6 Å². The van der Waals surface area contributed by atoms with E-state index in [1.807, 2.05) is 6.58 Å². The molecule has 0 aliphatic carbocycles. The van der Waals surface area contributed by atoms with Crippen LogP contribution in [0.25, 0.3) is 0 Å². The first kappa shape index (κ1) is 15.2. The molecular formula is C7H7F7O2. The highest BCUT2D eigenvalue weighted by atomic mass is 19.4. The van der Waals surface area contributed by atoms with Crippen molar-refractivity contribution < 1.29 is 40.2 Å². The fraction of sp³-hybridized carbons (Fsp3) is 0.714. The summed E-state index contributed by atoms with van der Waals surface area (Å²) >= 11 is 0. The van der Waals surface area contributed by atoms with Gasteiger partial charge >= 0.3 is 18.1 Å². The maximum Gasteiger partial charge on any atom is 0.451 e. The molecule has 0 rings (SSSR count). The summed E-state index contributed by atoms with van der Waals surface area (Å²) in [6.07, 6.45) is -10.9. The first-order chi connectivity index (χ1) is 6.96. The second-order valence-electron chi connectivity index (χ2n) is 2.68. The molecule has 0 heterocycles. The topological polar surface area (TPSA) is 18.5 Å². The Morgan fingerprint density at radius 1 is 1.12 bits per heavy atom. The van der Waals surface area contributed by atoms with Crippen molar-refractivity contribution in [1.82, 2.24) is 0 Å². The van der Waals surface area contributed by atoms with Gasteiger partial charge in [-0.25, -0.2) is 4.39 Å². The van der Waals surface area contributed by atoms with Crippen LogP contribution in [0.3, 0.4) is 0 Å². The van der Waals surface area contributed by atoms with Gasteiger partial charge in [-0.3, -0.25) is 4.74 Å². The van der Waals surface area contributed by atoms with Gasteiger partial charge in [-0.1, -0.05) is 6.58 Å². The van der Waals surface area contributed by atoms with Gasteiger partial charge < -0.3 is 4.74 Å². The summed E-state index contributed by atoms with van der Waals surface area (Å²) in [6.45, 7) is 0.175. The van der Waals surface area contributed by atoms with E-state index >= 15 is 0 Å². The van der Waals surface area contributed by atoms with E-state index in [0.29, 0.717) is 7.11 Å². The zero-order valence-corrected chi connectivity index (χ0v) is 7.88. The number of halogens is 7. The Kier molecular flexibility index (Phi) is 4.34. The minimum Gasteiger partial charge on any atom is -0.378 e. The maximum absolute atomic E-state index is 13.0. The molecule has 16 heavy (non-hydrogen) atoms. The Hall–Kier alpha value is -0.830. The molecule has 0 aromatic carbocycles. The molecule has 0 radical (unpaired) electrons. The third-order valence-corrected chi connectivity index (χ3v) is 1.36. The second kappa shape index (κ2) is 4.58. The van der Waals surface area contributed by atoms with E-state index in [0.717, 1.165) is 0 Å². The summed E-state index contributed by atoms with van der Waals surface area (Å²) in [4.78, 5) is 0. The summed E-state index contributed by atoms with van der Waals surface area (Å²) < 4.78 is 92.4. The summed E-state index contributed by atoms with van der Waals surface area (Å²) in [5.41, 5.74) is 0. The molecular weight excluding hydrogens is 249 g/mol. The summed E-state index contributed by atoms with van der Waals surface area (Å²) in [5.74, 6) is -7.37. The SMILES string of the molecule is C=C(F)C(F)(F)OC(F)(COC)C(F)(F)F. The normalized spacial score (nSPS) is 17.0. The summed E-state index contributed by atoms with van der Waals surface area (Å²) in [7, 11) is 0.631. The van der Waals surface area contributed by atoms with Gasteiger partial charge in [-0.15, -0.1) is 0 Å². The molecule has 1 unspecified atom stereocenters. The number of rotatable bonds is 5. The second-order valence-corrected chi connectivity index (χ2v) is 2.68. The Labute approximate surface area is 85.6 Å². The lowest BCUT2D eigenvalue weighted by molar-refractivity contribution is -0.411. The van der Waals surface area contributed by atoms with Gasteiger partial charge in [0.05, 0.1) is 0 Å². The molecule has 0 fully saturated rings. The van der Waals surface area contributed by atoms with Gasteiger partial charge in [0.1, 0.15) is 6.61 Å². The molecule has 0 saturated heterocycles. The van der Waals surface area contributed by atoms with Crippen LogP contribution in [0, 0.1) is 0 Å². The Morgan fingerprint density at radius 3 is 1.81 bits per heavy atom. The number of methoxy groups -OCH3 is 1. The van der Waals surface area contributed by atoms with Crippen molar-refractivity contribution in [3.8, 4) is 0 Å². The van der Waals surface area contributed by atoms with E-state index in [9.17, 15) is 30.7 Å². The first-order valence-corrected chi connectivity index (χ1v) is 3.64. The smallest absolute Gasteiger partial charge is 0.378 e. The monoisotopic (exact) mass is 256 g/mol. The molecule has 0 aliphatic rings. The van der Waals surface area contributed by atoms with Crippen LogP contribution in [0.5, 0.6) is 0 Å². The quantitative estimate of drug-likeness (QED) is 0.704. The lowest BCUT2D eigenvalue weighted by Crippen LogP contribution is -2.51. The first-order valence-electron chi connectivity index (χ1n) is 3.64. The number of alkyl halides is 6. The molecule has 2 nitrogen and oxygen atoms in total. The molecule has 0 aromatic heterocycles. The van der Waals surface area contributed by atoms with Crippen LogP contribution in [0.15, 0.2) is 12.4 Å². The van der Waals surface area contributed by atoms with Crippen LogP contribution in [0.4, 0.5) is 30.7 Å². The van der Waals surface area contributed by atoms with Crippen LogP contribution in [-0.2, 0) is 9.47 Å². The van der Waals surface area contributed by atoms with Crippen LogP contribution in [-0.4, -0.2) is 31.9 Å². The number of hydrogen-bond donors (Lipinski definition) is 0. The molecule has 0 N–H and O–H groups in total. The maximum atomic E-state index is 13.0. The number of ether oxygens (including phenoxy) is 2. The average Bonchev–Trinajstić information content (AvgIpc) is 2.00. The van der Waals surface area contributed by atoms with Crippen molar-refractivity contribution in [2.75, 3.05) is 13.7 Å². The van der Waals surface area contributed by atoms with Gasteiger partial charge in [-0.05, 0) is 0 Å². The minimum absolute atomic E-state index is 0.631. The van der Waals surface area contributed by atoms with Gasteiger partial charge in [0.2, 0.25) is 0 Å². The Bertz CT molecular complexity index is 262. The lowest BCUT2D eigenvalue weighted by Gasteiger charge is -2.30. The van der Waals surface area contributed by atoms with Crippen molar-refractivity contribution in [2.24, 2.45) is 0 Å². The molecule has 0 spiro atoms. The molecule has 0 saturated carbocycles. The van der Waals surface area contributed by atoms with E-state index in [2.05, 4.69) is 9.47 Å². The molecule has 1 atom stereocenters. The zero-order chi connectivity index (χ0) is 13.2. The molecule has 0 aliphatic heterocycles. The van der Waals surface area contributed by atoms with Crippen molar-refractivity contribution in [3.63, 3.8) is 0 Å². The highest BCUT2D eigenvalue weighted by Gasteiger charge is 2.63.